The summed E-state index contributed by atoms with van der Waals surface area (Å²) in [6.45, 7) is 4.80. The number of unbranched alkanes of at least 4 members (excludes halogenated alkanes) is 16. The summed E-state index contributed by atoms with van der Waals surface area (Å²) in [5.41, 5.74) is 0. The Labute approximate surface area is 260 Å². The Bertz CT molecular complexity index is 644. The molecule has 0 bridgehead atoms. The van der Waals surface area contributed by atoms with Crippen molar-refractivity contribution in [1.29, 1.82) is 0 Å². The molecule has 0 fully saturated rings. The highest BCUT2D eigenvalue weighted by Crippen LogP contribution is 2.10. The lowest BCUT2D eigenvalue weighted by Gasteiger charge is -2.07. The lowest BCUT2D eigenvalue weighted by Crippen LogP contribution is -2.13. The standard InChI is InChI=1S/C38H66O4/c1-3-5-7-9-11-13-15-17-19-21-23-25-27-29-31-33-37(39)41-35-36-42-38(40)34-32-30-28-26-24-22-20-18-16-14-12-10-8-6-4-2/h11-14,17-20H,3-10,15-16,21-36H2,1-2H3. The van der Waals surface area contributed by atoms with Gasteiger partial charge in [-0.1, -0.05) is 127 Å². The second-order valence-corrected chi connectivity index (χ2v) is 11.4. The first-order chi connectivity index (χ1) is 20.7. The Morgan fingerprint density at radius 2 is 0.714 bits per heavy atom. The van der Waals surface area contributed by atoms with Crippen molar-refractivity contribution in [2.45, 2.75) is 168 Å². The first kappa shape index (κ1) is 39.9. The van der Waals surface area contributed by atoms with Crippen LogP contribution < -0.4 is 0 Å². The van der Waals surface area contributed by atoms with Gasteiger partial charge < -0.3 is 9.47 Å². The molecular weight excluding hydrogens is 520 g/mol. The van der Waals surface area contributed by atoms with Gasteiger partial charge in [-0.25, -0.2) is 0 Å². The van der Waals surface area contributed by atoms with Gasteiger partial charge in [0.1, 0.15) is 13.2 Å². The molecule has 0 spiro atoms. The summed E-state index contributed by atoms with van der Waals surface area (Å²) in [5.74, 6) is -0.379. The van der Waals surface area contributed by atoms with Crippen LogP contribution in [-0.2, 0) is 19.1 Å². The van der Waals surface area contributed by atoms with E-state index in [2.05, 4.69) is 62.5 Å². The van der Waals surface area contributed by atoms with E-state index in [0.717, 1.165) is 64.2 Å². The van der Waals surface area contributed by atoms with Crippen LogP contribution in [0.1, 0.15) is 168 Å². The molecule has 0 aromatic rings. The predicted octanol–water partition coefficient (Wildman–Crippen LogP) is 11.7. The van der Waals surface area contributed by atoms with E-state index in [9.17, 15) is 9.59 Å². The Balaban J connectivity index is 3.40. The second kappa shape index (κ2) is 35.1. The average molecular weight is 587 g/mol. The van der Waals surface area contributed by atoms with Crippen molar-refractivity contribution >= 4 is 11.9 Å². The molecule has 0 heterocycles. The fourth-order valence-corrected chi connectivity index (χ4v) is 4.62. The number of rotatable bonds is 31. The van der Waals surface area contributed by atoms with Crippen molar-refractivity contribution in [2.75, 3.05) is 13.2 Å². The zero-order chi connectivity index (χ0) is 30.6. The average Bonchev–Trinajstić information content (AvgIpc) is 2.99. The monoisotopic (exact) mass is 586 g/mol. The summed E-state index contributed by atoms with van der Waals surface area (Å²) < 4.78 is 10.4. The Hall–Kier alpha value is -2.10. The van der Waals surface area contributed by atoms with Gasteiger partial charge in [0.05, 0.1) is 0 Å². The minimum absolute atomic E-state index is 0.160. The molecule has 242 valence electrons. The number of esters is 2. The molecule has 0 radical (unpaired) electrons. The van der Waals surface area contributed by atoms with Gasteiger partial charge in [-0.05, 0) is 77.0 Å². The van der Waals surface area contributed by atoms with Crippen molar-refractivity contribution < 1.29 is 19.1 Å². The number of carbonyl (C=O) groups is 2. The highest BCUT2D eigenvalue weighted by molar-refractivity contribution is 5.70. The molecule has 4 heteroatoms. The zero-order valence-electron chi connectivity index (χ0n) is 27.6. The Morgan fingerprint density at radius 3 is 1.07 bits per heavy atom. The van der Waals surface area contributed by atoms with Gasteiger partial charge in [-0.15, -0.1) is 0 Å². The number of carbonyl (C=O) groups excluding carboxylic acids is 2. The summed E-state index contributed by atoms with van der Waals surface area (Å²) in [5, 5.41) is 0. The molecule has 42 heavy (non-hydrogen) atoms. The minimum atomic E-state index is -0.189. The van der Waals surface area contributed by atoms with Crippen LogP contribution in [0.4, 0.5) is 0 Å². The van der Waals surface area contributed by atoms with Gasteiger partial charge in [-0.3, -0.25) is 9.59 Å². The van der Waals surface area contributed by atoms with Gasteiger partial charge in [0, 0.05) is 12.8 Å². The fraction of sp³-hybridized carbons (Fsp3) is 0.737. The van der Waals surface area contributed by atoms with E-state index in [1.807, 2.05) is 0 Å². The molecule has 0 atom stereocenters. The smallest absolute Gasteiger partial charge is 0.305 e. The van der Waals surface area contributed by atoms with E-state index in [4.69, 9.17) is 9.47 Å². The molecule has 0 saturated heterocycles. The van der Waals surface area contributed by atoms with Crippen LogP contribution in [0.3, 0.4) is 0 Å². The number of hydrogen-bond acceptors (Lipinski definition) is 4. The van der Waals surface area contributed by atoms with E-state index >= 15 is 0 Å². The predicted molar refractivity (Wildman–Crippen MR) is 181 cm³/mol. The van der Waals surface area contributed by atoms with Crippen LogP contribution in [0.25, 0.3) is 0 Å². The van der Waals surface area contributed by atoms with Crippen LogP contribution in [-0.4, -0.2) is 25.2 Å². The van der Waals surface area contributed by atoms with Crippen LogP contribution in [0.2, 0.25) is 0 Å². The molecule has 0 unspecified atom stereocenters. The maximum atomic E-state index is 11.9. The fourth-order valence-electron chi connectivity index (χ4n) is 4.62. The second-order valence-electron chi connectivity index (χ2n) is 11.4. The SMILES string of the molecule is CCCCCC=CCC=CCCCCCCCC(=O)OCCOC(=O)CCCCCCCC=CCC=CCCCCC. The quantitative estimate of drug-likeness (QED) is 0.0460. The molecule has 0 aliphatic heterocycles. The first-order valence-electron chi connectivity index (χ1n) is 17.6. The largest absolute Gasteiger partial charge is 0.462 e. The van der Waals surface area contributed by atoms with E-state index in [-0.39, 0.29) is 25.2 Å². The van der Waals surface area contributed by atoms with Gasteiger partial charge in [0.2, 0.25) is 0 Å². The normalized spacial score (nSPS) is 12.0. The summed E-state index contributed by atoms with van der Waals surface area (Å²) >= 11 is 0. The van der Waals surface area contributed by atoms with E-state index in [1.165, 1.54) is 77.0 Å². The van der Waals surface area contributed by atoms with Crippen molar-refractivity contribution in [3.63, 3.8) is 0 Å². The van der Waals surface area contributed by atoms with Crippen LogP contribution in [0.5, 0.6) is 0 Å². The maximum Gasteiger partial charge on any atom is 0.305 e. The molecule has 0 aromatic heterocycles. The van der Waals surface area contributed by atoms with Gasteiger partial charge in [0.25, 0.3) is 0 Å². The summed E-state index contributed by atoms with van der Waals surface area (Å²) in [6.07, 6.45) is 44.8. The van der Waals surface area contributed by atoms with Crippen molar-refractivity contribution in [3.05, 3.63) is 48.6 Å². The van der Waals surface area contributed by atoms with Gasteiger partial charge in [-0.2, -0.15) is 0 Å². The molecule has 0 aliphatic rings. The molecule has 0 saturated carbocycles. The summed E-state index contributed by atoms with van der Waals surface area (Å²) in [6, 6.07) is 0. The van der Waals surface area contributed by atoms with Crippen LogP contribution in [0, 0.1) is 0 Å². The third kappa shape index (κ3) is 34.1. The highest BCUT2D eigenvalue weighted by atomic mass is 16.6. The van der Waals surface area contributed by atoms with Crippen LogP contribution in [0.15, 0.2) is 48.6 Å². The third-order valence-corrected chi connectivity index (χ3v) is 7.27. The van der Waals surface area contributed by atoms with Gasteiger partial charge in [0.15, 0.2) is 0 Å². The molecule has 0 N–H and O–H groups in total. The maximum absolute atomic E-state index is 11.9. The highest BCUT2D eigenvalue weighted by Gasteiger charge is 2.05. The summed E-state index contributed by atoms with van der Waals surface area (Å²) in [4.78, 5) is 23.7. The molecule has 4 nitrogen and oxygen atoms in total. The molecule has 0 rings (SSSR count). The lowest BCUT2D eigenvalue weighted by molar-refractivity contribution is -0.152. The topological polar surface area (TPSA) is 52.6 Å². The Morgan fingerprint density at radius 1 is 0.405 bits per heavy atom. The molecule has 0 aliphatic carbocycles. The number of allylic oxidation sites excluding steroid dienone is 8. The molecule has 0 amide bonds. The van der Waals surface area contributed by atoms with E-state index in [1.54, 1.807) is 0 Å². The van der Waals surface area contributed by atoms with Crippen molar-refractivity contribution in [1.82, 2.24) is 0 Å². The zero-order valence-corrected chi connectivity index (χ0v) is 27.6. The van der Waals surface area contributed by atoms with Crippen molar-refractivity contribution in [3.8, 4) is 0 Å². The van der Waals surface area contributed by atoms with E-state index in [0.29, 0.717) is 12.8 Å². The first-order valence-corrected chi connectivity index (χ1v) is 17.6. The Kier molecular flexibility index (Phi) is 33.3. The molecular formula is C38H66O4. The lowest BCUT2D eigenvalue weighted by atomic mass is 10.1. The number of hydrogen-bond donors (Lipinski definition) is 0. The molecule has 0 aromatic carbocycles. The van der Waals surface area contributed by atoms with E-state index < -0.39 is 0 Å². The van der Waals surface area contributed by atoms with Crippen LogP contribution >= 0.6 is 0 Å². The summed E-state index contributed by atoms with van der Waals surface area (Å²) in [7, 11) is 0. The third-order valence-electron chi connectivity index (χ3n) is 7.27. The van der Waals surface area contributed by atoms with Gasteiger partial charge >= 0.3 is 11.9 Å². The minimum Gasteiger partial charge on any atom is -0.462 e. The van der Waals surface area contributed by atoms with Crippen molar-refractivity contribution in [2.24, 2.45) is 0 Å². The number of ether oxygens (including phenoxy) is 2.